The molecule has 0 spiro atoms. The van der Waals surface area contributed by atoms with Crippen LogP contribution < -0.4 is 0 Å². The Kier molecular flexibility index (Phi) is 3.49. The van der Waals surface area contributed by atoms with E-state index < -0.39 is 0 Å². The van der Waals surface area contributed by atoms with Gasteiger partial charge in [-0.25, -0.2) is 0 Å². The van der Waals surface area contributed by atoms with Crippen LogP contribution in [0.3, 0.4) is 0 Å². The predicted octanol–water partition coefficient (Wildman–Crippen LogP) is 2.86. The van der Waals surface area contributed by atoms with E-state index in [0.29, 0.717) is 0 Å². The van der Waals surface area contributed by atoms with Crippen molar-refractivity contribution in [3.05, 3.63) is 28.6 Å². The Morgan fingerprint density at radius 1 is 0.929 bits per heavy atom. The molecule has 0 aliphatic carbocycles. The first-order valence-electron chi connectivity index (χ1n) is 4.36. The number of benzene rings is 1. The molecule has 0 N–H and O–H groups in total. The van der Waals surface area contributed by atoms with E-state index in [1.165, 1.54) is 22.3 Å². The molecule has 0 amide bonds. The number of hydrogen-bond acceptors (Lipinski definition) is 2. The smallest absolute Gasteiger partial charge is 0.103 e. The fourth-order valence-corrected chi connectivity index (χ4v) is 1.63. The van der Waals surface area contributed by atoms with Crippen LogP contribution in [0.15, 0.2) is 4.42 Å². The molecule has 1 heterocycles. The molecule has 3 heteroatoms. The van der Waals surface area contributed by atoms with Gasteiger partial charge in [0.1, 0.15) is 6.39 Å². The van der Waals surface area contributed by atoms with Crippen molar-refractivity contribution in [1.29, 1.82) is 0 Å². The van der Waals surface area contributed by atoms with E-state index in [2.05, 4.69) is 39.1 Å². The maximum Gasteiger partial charge on any atom is 0.103 e. The van der Waals surface area contributed by atoms with Crippen LogP contribution in [0, 0.1) is 34.1 Å². The van der Waals surface area contributed by atoms with Crippen molar-refractivity contribution in [2.24, 2.45) is 0 Å². The Labute approximate surface area is 109 Å². The second kappa shape index (κ2) is 4.12. The molecule has 1 radical (unpaired) electrons. The summed E-state index contributed by atoms with van der Waals surface area (Å²) in [7, 11) is 0. The van der Waals surface area contributed by atoms with Gasteiger partial charge in [0.15, 0.2) is 0 Å². The minimum absolute atomic E-state index is 0. The first-order valence-corrected chi connectivity index (χ1v) is 4.36. The molecule has 1 aromatic heterocycles. The molecule has 0 unspecified atom stereocenters. The van der Waals surface area contributed by atoms with E-state index in [-0.39, 0.29) is 32.7 Å². The van der Waals surface area contributed by atoms with E-state index in [0.717, 1.165) is 11.1 Å². The van der Waals surface area contributed by atoms with Gasteiger partial charge in [-0.05, 0) is 38.8 Å². The minimum atomic E-state index is 0. The first kappa shape index (κ1) is 11.9. The second-order valence-electron chi connectivity index (χ2n) is 3.48. The van der Waals surface area contributed by atoms with Gasteiger partial charge in [-0.1, -0.05) is 22.3 Å². The Bertz CT molecular complexity index is 432. The fourth-order valence-electron chi connectivity index (χ4n) is 1.63. The summed E-state index contributed by atoms with van der Waals surface area (Å²) in [5.41, 5.74) is 6.78. The van der Waals surface area contributed by atoms with Gasteiger partial charge in [-0.15, -0.1) is 0 Å². The number of aryl methyl sites for hydroxylation is 2. The zero-order chi connectivity index (χ0) is 9.59. The predicted molar refractivity (Wildman–Crippen MR) is 51.8 cm³/mol. The number of fused-ring (bicyclic) bond motifs is 1. The number of nitrogens with zero attached hydrogens (tertiary/aromatic N) is 1. The van der Waals surface area contributed by atoms with Gasteiger partial charge in [0.25, 0.3) is 0 Å². The normalized spacial score (nSPS) is 10.3. The van der Waals surface area contributed by atoms with Gasteiger partial charge in [0.05, 0.1) is 0 Å². The van der Waals surface area contributed by atoms with Gasteiger partial charge in [-0.2, -0.15) is 0 Å². The quantitative estimate of drug-likeness (QED) is 0.683. The van der Waals surface area contributed by atoms with E-state index in [1.54, 1.807) is 0 Å². The molecule has 0 bridgehead atoms. The number of rotatable bonds is 0. The van der Waals surface area contributed by atoms with E-state index in [9.17, 15) is 0 Å². The van der Waals surface area contributed by atoms with E-state index in [4.69, 9.17) is 4.42 Å². The number of hydrogen-bond donors (Lipinski definition) is 0. The Hall–Kier alpha value is -0.206. The van der Waals surface area contributed by atoms with Crippen LogP contribution in [0.2, 0.25) is 0 Å². The minimum Gasteiger partial charge on any atom is -0.573 e. The summed E-state index contributed by atoms with van der Waals surface area (Å²) >= 11 is 0. The summed E-state index contributed by atoms with van der Waals surface area (Å²) in [5.74, 6) is 0. The molecule has 14 heavy (non-hydrogen) atoms. The molecule has 0 aliphatic heterocycles. The van der Waals surface area contributed by atoms with Gasteiger partial charge in [-0.3, -0.25) is 0 Å². The maximum absolute atomic E-state index is 5.23. The zero-order valence-electron chi connectivity index (χ0n) is 8.93. The van der Waals surface area contributed by atoms with Crippen molar-refractivity contribution in [3.8, 4) is 0 Å². The van der Waals surface area contributed by atoms with Crippen LogP contribution in [0.5, 0.6) is 0 Å². The van der Waals surface area contributed by atoms with Crippen LogP contribution in [-0.4, -0.2) is 4.98 Å². The monoisotopic (exact) mass is 263 g/mol. The third kappa shape index (κ3) is 1.55. The molecular weight excluding hydrogens is 251 g/mol. The van der Waals surface area contributed by atoms with Crippen molar-refractivity contribution >= 4 is 11.1 Å². The molecular formula is C11H12NOY-. The Morgan fingerprint density at radius 2 is 1.50 bits per heavy atom. The van der Waals surface area contributed by atoms with Crippen LogP contribution in [-0.2, 0) is 32.7 Å². The topological polar surface area (TPSA) is 26.0 Å². The van der Waals surface area contributed by atoms with E-state index in [1.807, 2.05) is 0 Å². The molecule has 0 fully saturated rings. The summed E-state index contributed by atoms with van der Waals surface area (Å²) in [6.45, 7) is 8.36. The van der Waals surface area contributed by atoms with Crippen LogP contribution in [0.4, 0.5) is 0 Å². The molecule has 2 aromatic rings. The molecule has 0 saturated carbocycles. The zero-order valence-corrected chi connectivity index (χ0v) is 11.8. The largest absolute Gasteiger partial charge is 0.573 e. The van der Waals surface area contributed by atoms with Gasteiger partial charge >= 0.3 is 0 Å². The summed E-state index contributed by atoms with van der Waals surface area (Å²) in [4.78, 5) is 4.09. The molecule has 0 atom stereocenters. The van der Waals surface area contributed by atoms with Crippen molar-refractivity contribution in [1.82, 2.24) is 4.98 Å². The molecule has 0 saturated heterocycles. The van der Waals surface area contributed by atoms with Crippen LogP contribution in [0.25, 0.3) is 11.1 Å². The average molecular weight is 263 g/mol. The third-order valence-corrected chi connectivity index (χ3v) is 2.90. The van der Waals surface area contributed by atoms with Crippen molar-refractivity contribution in [2.75, 3.05) is 0 Å². The SMILES string of the molecule is Cc1c(C)c(C)c2o[c-]nc2c1C.[Y]. The number of aromatic nitrogens is 1. The molecule has 71 valence electrons. The van der Waals surface area contributed by atoms with Crippen LogP contribution >= 0.6 is 0 Å². The van der Waals surface area contributed by atoms with E-state index >= 15 is 0 Å². The van der Waals surface area contributed by atoms with Crippen molar-refractivity contribution < 1.29 is 37.1 Å². The summed E-state index contributed by atoms with van der Waals surface area (Å²) < 4.78 is 5.23. The Balaban J connectivity index is 0.000000980. The first-order chi connectivity index (χ1) is 6.13. The molecule has 2 rings (SSSR count). The Morgan fingerprint density at radius 3 is 2.14 bits per heavy atom. The average Bonchev–Trinajstić information content (AvgIpc) is 2.59. The molecule has 1 aromatic carbocycles. The van der Waals surface area contributed by atoms with Crippen molar-refractivity contribution in [2.45, 2.75) is 27.7 Å². The number of oxazole rings is 1. The van der Waals surface area contributed by atoms with Gasteiger partial charge in [0, 0.05) is 32.7 Å². The van der Waals surface area contributed by atoms with Crippen molar-refractivity contribution in [3.63, 3.8) is 0 Å². The summed E-state index contributed by atoms with van der Waals surface area (Å²) in [6, 6.07) is 0. The molecule has 2 nitrogen and oxygen atoms in total. The van der Waals surface area contributed by atoms with Gasteiger partial charge < -0.3 is 9.40 Å². The fraction of sp³-hybridized carbons (Fsp3) is 0.364. The summed E-state index contributed by atoms with van der Waals surface area (Å²) in [5, 5.41) is 0. The second-order valence-corrected chi connectivity index (χ2v) is 3.48. The third-order valence-electron chi connectivity index (χ3n) is 2.90. The van der Waals surface area contributed by atoms with Gasteiger partial charge in [0.2, 0.25) is 0 Å². The molecule has 0 aliphatic rings. The van der Waals surface area contributed by atoms with Crippen LogP contribution in [0.1, 0.15) is 22.3 Å². The summed E-state index contributed by atoms with van der Waals surface area (Å²) in [6.07, 6.45) is 2.55. The maximum atomic E-state index is 5.23. The standard InChI is InChI=1S/C11H12NO.Y/c1-6-7(2)9(4)11-10(8(6)3)12-5-13-11;/h1-4H3;/q-1;.